The lowest BCUT2D eigenvalue weighted by Gasteiger charge is -2.20. The highest BCUT2D eigenvalue weighted by molar-refractivity contribution is 9.10. The zero-order chi connectivity index (χ0) is 23.6. The summed E-state index contributed by atoms with van der Waals surface area (Å²) < 4.78 is 11.4. The monoisotopic (exact) mass is 509 g/mol. The number of nitrogens with one attached hydrogen (secondary N) is 1. The van der Waals surface area contributed by atoms with Gasteiger partial charge in [0.25, 0.3) is 5.91 Å². The summed E-state index contributed by atoms with van der Waals surface area (Å²) in [6.45, 7) is 5.43. The molecule has 2 heterocycles. The summed E-state index contributed by atoms with van der Waals surface area (Å²) in [5, 5.41) is 8.90. The third-order valence-electron chi connectivity index (χ3n) is 5.00. The Kier molecular flexibility index (Phi) is 6.37. The average molecular weight is 510 g/mol. The van der Waals surface area contributed by atoms with Crippen molar-refractivity contribution in [2.24, 2.45) is 5.10 Å². The van der Waals surface area contributed by atoms with Crippen LogP contribution in [-0.4, -0.2) is 28.3 Å². The molecule has 1 N–H and O–H groups in total. The normalized spacial score (nSPS) is 15.8. The molecule has 1 atom stereocenters. The van der Waals surface area contributed by atoms with Gasteiger partial charge in [-0.1, -0.05) is 28.1 Å². The van der Waals surface area contributed by atoms with E-state index in [0.29, 0.717) is 17.7 Å². The number of nitrogens with zero attached hydrogens (tertiary/aromatic N) is 2. The minimum absolute atomic E-state index is 0.188. The van der Waals surface area contributed by atoms with Gasteiger partial charge in [0.15, 0.2) is 0 Å². The molecule has 4 rings (SSSR count). The fourth-order valence-electron chi connectivity index (χ4n) is 3.49. The first-order valence-corrected chi connectivity index (χ1v) is 11.3. The topological polar surface area (TPSA) is 84.1 Å². The lowest BCUT2D eigenvalue weighted by atomic mass is 10.00. The summed E-state index contributed by atoms with van der Waals surface area (Å²) in [7, 11) is 0. The molecule has 1 aliphatic rings. The second kappa shape index (κ2) is 9.23. The van der Waals surface area contributed by atoms with Crippen molar-refractivity contribution in [2.45, 2.75) is 38.8 Å². The van der Waals surface area contributed by atoms with Crippen molar-refractivity contribution in [3.05, 3.63) is 88.3 Å². The predicted molar refractivity (Wildman–Crippen MR) is 129 cm³/mol. The van der Waals surface area contributed by atoms with E-state index in [1.54, 1.807) is 36.8 Å². The third kappa shape index (κ3) is 5.51. The first-order valence-electron chi connectivity index (χ1n) is 10.5. The van der Waals surface area contributed by atoms with Gasteiger partial charge in [-0.05, 0) is 68.8 Å². The molecule has 3 aromatic rings. The van der Waals surface area contributed by atoms with E-state index in [0.717, 1.165) is 21.3 Å². The Morgan fingerprint density at radius 3 is 2.39 bits per heavy atom. The highest BCUT2D eigenvalue weighted by atomic mass is 79.9. The Bertz CT molecular complexity index is 1160. The molecule has 0 fully saturated rings. The molecule has 0 spiro atoms. The molecule has 0 radical (unpaired) electrons. The summed E-state index contributed by atoms with van der Waals surface area (Å²) in [5.74, 6) is -0.188. The van der Waals surface area contributed by atoms with Gasteiger partial charge >= 0.3 is 6.09 Å². The lowest BCUT2D eigenvalue weighted by molar-refractivity contribution is 0.0635. The molecular formula is C25H24BrN3O4. The summed E-state index contributed by atoms with van der Waals surface area (Å²) in [5.41, 5.74) is 3.10. The molecule has 1 unspecified atom stereocenters. The Morgan fingerprint density at radius 1 is 1.09 bits per heavy atom. The minimum Gasteiger partial charge on any atom is -0.472 e. The number of carbonyl (C=O) groups excluding carboxylic acids is 2. The highest BCUT2D eigenvalue weighted by Crippen LogP contribution is 2.34. The zero-order valence-electron chi connectivity index (χ0n) is 18.5. The van der Waals surface area contributed by atoms with E-state index in [1.807, 2.05) is 51.1 Å². The molecule has 1 aliphatic heterocycles. The van der Waals surface area contributed by atoms with E-state index < -0.39 is 11.7 Å². The van der Waals surface area contributed by atoms with Crippen LogP contribution in [-0.2, 0) is 4.74 Å². The molecule has 0 saturated heterocycles. The summed E-state index contributed by atoms with van der Waals surface area (Å²) in [4.78, 5) is 25.2. The summed E-state index contributed by atoms with van der Waals surface area (Å²) in [6, 6.07) is 16.1. The number of rotatable bonds is 4. The van der Waals surface area contributed by atoms with E-state index in [9.17, 15) is 9.59 Å². The van der Waals surface area contributed by atoms with Crippen LogP contribution in [0.15, 0.2) is 81.1 Å². The number of carbonyl (C=O) groups is 2. The summed E-state index contributed by atoms with van der Waals surface area (Å²) >= 11 is 3.40. The first kappa shape index (κ1) is 22.8. The molecule has 8 heteroatoms. The molecule has 0 saturated carbocycles. The van der Waals surface area contributed by atoms with Gasteiger partial charge in [0.2, 0.25) is 0 Å². The average Bonchev–Trinajstić information content (AvgIpc) is 3.43. The van der Waals surface area contributed by atoms with Crippen molar-refractivity contribution >= 4 is 39.3 Å². The van der Waals surface area contributed by atoms with E-state index in [2.05, 4.69) is 26.3 Å². The molecule has 2 amide bonds. The summed E-state index contributed by atoms with van der Waals surface area (Å²) in [6.07, 6.45) is 3.26. The van der Waals surface area contributed by atoms with Crippen molar-refractivity contribution in [3.63, 3.8) is 0 Å². The third-order valence-corrected chi connectivity index (χ3v) is 5.53. The van der Waals surface area contributed by atoms with Crippen LogP contribution < -0.4 is 5.32 Å². The fourth-order valence-corrected chi connectivity index (χ4v) is 3.75. The van der Waals surface area contributed by atoms with E-state index in [1.165, 1.54) is 5.01 Å². The van der Waals surface area contributed by atoms with Gasteiger partial charge in [0, 0.05) is 27.7 Å². The van der Waals surface area contributed by atoms with Gasteiger partial charge in [-0.15, -0.1) is 0 Å². The number of halogens is 1. The minimum atomic E-state index is -0.574. The number of hydrazone groups is 1. The van der Waals surface area contributed by atoms with E-state index in [-0.39, 0.29) is 11.9 Å². The van der Waals surface area contributed by atoms with E-state index >= 15 is 0 Å². The van der Waals surface area contributed by atoms with Crippen LogP contribution in [0.1, 0.15) is 54.7 Å². The maximum absolute atomic E-state index is 13.2. The van der Waals surface area contributed by atoms with E-state index in [4.69, 9.17) is 9.15 Å². The van der Waals surface area contributed by atoms with Gasteiger partial charge < -0.3 is 9.15 Å². The molecule has 0 bridgehead atoms. The van der Waals surface area contributed by atoms with Crippen LogP contribution in [0.4, 0.5) is 10.5 Å². The van der Waals surface area contributed by atoms with Crippen molar-refractivity contribution in [1.82, 2.24) is 5.01 Å². The number of benzene rings is 2. The first-order chi connectivity index (χ1) is 15.7. The lowest BCUT2D eigenvalue weighted by Crippen LogP contribution is -2.27. The Morgan fingerprint density at radius 2 is 1.79 bits per heavy atom. The molecular weight excluding hydrogens is 486 g/mol. The SMILES string of the molecule is CC(C)(C)OC(=O)Nc1ccc(C2=NN(C(=O)c3ccc(Br)cc3)C(c3ccoc3)C2)cc1. The number of amides is 2. The van der Waals surface area contributed by atoms with Crippen molar-refractivity contribution < 1.29 is 18.7 Å². The largest absolute Gasteiger partial charge is 0.472 e. The van der Waals surface area contributed by atoms with Crippen LogP contribution >= 0.6 is 15.9 Å². The van der Waals surface area contributed by atoms with Crippen molar-refractivity contribution in [2.75, 3.05) is 5.32 Å². The number of hydrogen-bond acceptors (Lipinski definition) is 5. The quantitative estimate of drug-likeness (QED) is 0.442. The Labute approximate surface area is 200 Å². The Hall–Kier alpha value is -3.39. The van der Waals surface area contributed by atoms with Crippen LogP contribution in [0.5, 0.6) is 0 Å². The number of anilines is 1. The molecule has 1 aromatic heterocycles. The maximum atomic E-state index is 13.2. The van der Waals surface area contributed by atoms with Crippen LogP contribution in [0.2, 0.25) is 0 Å². The van der Waals surface area contributed by atoms with Gasteiger partial charge in [-0.25, -0.2) is 9.80 Å². The van der Waals surface area contributed by atoms with Crippen LogP contribution in [0.3, 0.4) is 0 Å². The fraction of sp³-hybridized carbons (Fsp3) is 0.240. The van der Waals surface area contributed by atoms with Crippen LogP contribution in [0, 0.1) is 0 Å². The van der Waals surface area contributed by atoms with Gasteiger partial charge in [-0.3, -0.25) is 10.1 Å². The predicted octanol–water partition coefficient (Wildman–Crippen LogP) is 6.38. The molecule has 7 nitrogen and oxygen atoms in total. The number of hydrogen-bond donors (Lipinski definition) is 1. The van der Waals surface area contributed by atoms with Crippen LogP contribution in [0.25, 0.3) is 0 Å². The second-order valence-electron chi connectivity index (χ2n) is 8.68. The van der Waals surface area contributed by atoms with Crippen molar-refractivity contribution in [3.8, 4) is 0 Å². The van der Waals surface area contributed by atoms with Gasteiger partial charge in [0.05, 0.1) is 24.3 Å². The molecule has 2 aromatic carbocycles. The van der Waals surface area contributed by atoms with Gasteiger partial charge in [-0.2, -0.15) is 5.10 Å². The molecule has 170 valence electrons. The maximum Gasteiger partial charge on any atom is 0.412 e. The smallest absolute Gasteiger partial charge is 0.412 e. The van der Waals surface area contributed by atoms with Crippen molar-refractivity contribution in [1.29, 1.82) is 0 Å². The molecule has 0 aliphatic carbocycles. The number of furan rings is 1. The highest BCUT2D eigenvalue weighted by Gasteiger charge is 2.34. The standard InChI is InChI=1S/C25H24BrN3O4/c1-25(2,3)33-24(31)27-20-10-6-16(7-11-20)21-14-22(18-12-13-32-15-18)29(28-21)23(30)17-4-8-19(26)9-5-17/h4-13,15,22H,14H2,1-3H3,(H,27,31). The number of ether oxygens (including phenoxy) is 1. The Balaban J connectivity index is 1.56. The van der Waals surface area contributed by atoms with Gasteiger partial charge in [0.1, 0.15) is 5.60 Å². The molecule has 33 heavy (non-hydrogen) atoms. The second-order valence-corrected chi connectivity index (χ2v) is 9.60. The zero-order valence-corrected chi connectivity index (χ0v) is 20.1.